The van der Waals surface area contributed by atoms with Crippen molar-refractivity contribution in [3.05, 3.63) is 64.7 Å². The Labute approximate surface area is 219 Å². The van der Waals surface area contributed by atoms with Gasteiger partial charge >= 0.3 is 0 Å². The number of nitrogens with one attached hydrogen (secondary N) is 1. The van der Waals surface area contributed by atoms with Gasteiger partial charge in [0, 0.05) is 12.6 Å². The Hall–Kier alpha value is -2.58. The lowest BCUT2D eigenvalue weighted by Gasteiger charge is -2.34. The minimum Gasteiger partial charge on any atom is -0.352 e. The number of aryl methyl sites for hydroxylation is 1. The molecule has 0 aliphatic heterocycles. The van der Waals surface area contributed by atoms with E-state index in [1.54, 1.807) is 24.3 Å². The first-order valence-electron chi connectivity index (χ1n) is 12.5. The standard InChI is InChI=1S/C27H36ClN3O4S/c1-4-24(27(33)29-22-13-6-5-7-14-22)30(18-21-12-10-11-20(2)17-21)26(32)19-31(36(3,34)35)25-16-9-8-15-23(25)28/h8-12,15-17,22,24H,4-7,13-14,18-19H2,1-3H3,(H,29,33). The van der Waals surface area contributed by atoms with Gasteiger partial charge in [0.15, 0.2) is 0 Å². The maximum absolute atomic E-state index is 13.8. The summed E-state index contributed by atoms with van der Waals surface area (Å²) in [5.74, 6) is -0.665. The first-order valence-corrected chi connectivity index (χ1v) is 14.7. The van der Waals surface area contributed by atoms with E-state index in [-0.39, 0.29) is 29.2 Å². The average molecular weight is 534 g/mol. The molecule has 2 aromatic rings. The van der Waals surface area contributed by atoms with Crippen molar-refractivity contribution in [2.45, 2.75) is 71.0 Å². The molecule has 0 heterocycles. The van der Waals surface area contributed by atoms with Gasteiger partial charge < -0.3 is 10.2 Å². The number of amides is 2. The van der Waals surface area contributed by atoms with Crippen LogP contribution < -0.4 is 9.62 Å². The summed E-state index contributed by atoms with van der Waals surface area (Å²) in [6, 6.07) is 13.6. The summed E-state index contributed by atoms with van der Waals surface area (Å²) in [5.41, 5.74) is 2.13. The summed E-state index contributed by atoms with van der Waals surface area (Å²) in [6.45, 7) is 3.56. The van der Waals surface area contributed by atoms with E-state index in [0.29, 0.717) is 6.42 Å². The zero-order valence-corrected chi connectivity index (χ0v) is 22.8. The Balaban J connectivity index is 1.92. The summed E-state index contributed by atoms with van der Waals surface area (Å²) < 4.78 is 26.4. The summed E-state index contributed by atoms with van der Waals surface area (Å²) in [4.78, 5) is 28.7. The molecular formula is C27H36ClN3O4S. The van der Waals surface area contributed by atoms with Gasteiger partial charge in [0.25, 0.3) is 0 Å². The van der Waals surface area contributed by atoms with Gasteiger partial charge in [-0.2, -0.15) is 0 Å². The van der Waals surface area contributed by atoms with E-state index in [4.69, 9.17) is 11.6 Å². The second-order valence-corrected chi connectivity index (χ2v) is 11.8. The number of rotatable bonds is 10. The molecule has 0 aromatic heterocycles. The highest BCUT2D eigenvalue weighted by Gasteiger charge is 2.33. The molecule has 36 heavy (non-hydrogen) atoms. The molecule has 0 saturated heterocycles. The van der Waals surface area contributed by atoms with Crippen molar-refractivity contribution in [1.82, 2.24) is 10.2 Å². The van der Waals surface area contributed by atoms with Gasteiger partial charge in [-0.05, 0) is 43.9 Å². The molecule has 1 N–H and O–H groups in total. The number of nitrogens with zero attached hydrogens (tertiary/aromatic N) is 2. The van der Waals surface area contributed by atoms with Gasteiger partial charge in [-0.25, -0.2) is 8.42 Å². The number of hydrogen-bond donors (Lipinski definition) is 1. The van der Waals surface area contributed by atoms with Crippen LogP contribution in [0.4, 0.5) is 5.69 Å². The Morgan fingerprint density at radius 1 is 1.08 bits per heavy atom. The normalized spacial score (nSPS) is 15.2. The number of carbonyl (C=O) groups is 2. The molecule has 1 fully saturated rings. The number of benzene rings is 2. The molecule has 1 atom stereocenters. The lowest BCUT2D eigenvalue weighted by Crippen LogP contribution is -2.54. The Bertz CT molecular complexity index is 1170. The van der Waals surface area contributed by atoms with Crippen LogP contribution in [0.5, 0.6) is 0 Å². The highest BCUT2D eigenvalue weighted by Crippen LogP contribution is 2.28. The SMILES string of the molecule is CCC(C(=O)NC1CCCCC1)N(Cc1cccc(C)c1)C(=O)CN(c1ccccc1Cl)S(C)(=O)=O. The van der Waals surface area contributed by atoms with Crippen molar-refractivity contribution in [1.29, 1.82) is 0 Å². The summed E-state index contributed by atoms with van der Waals surface area (Å²) in [5, 5.41) is 3.37. The molecule has 0 radical (unpaired) electrons. The Kier molecular flexibility index (Phi) is 9.79. The second kappa shape index (κ2) is 12.6. The number of anilines is 1. The quantitative estimate of drug-likeness (QED) is 0.481. The molecule has 1 aliphatic rings. The van der Waals surface area contributed by atoms with E-state index < -0.39 is 28.5 Å². The van der Waals surface area contributed by atoms with Crippen LogP contribution in [0.2, 0.25) is 5.02 Å². The smallest absolute Gasteiger partial charge is 0.244 e. The highest BCUT2D eigenvalue weighted by molar-refractivity contribution is 7.92. The molecule has 1 aliphatic carbocycles. The number of halogens is 1. The predicted molar refractivity (Wildman–Crippen MR) is 144 cm³/mol. The number of carbonyl (C=O) groups excluding carboxylic acids is 2. The summed E-state index contributed by atoms with van der Waals surface area (Å²) in [7, 11) is -3.82. The van der Waals surface area contributed by atoms with Gasteiger partial charge in [-0.15, -0.1) is 0 Å². The van der Waals surface area contributed by atoms with Crippen LogP contribution in [0.1, 0.15) is 56.6 Å². The van der Waals surface area contributed by atoms with Gasteiger partial charge in [0.05, 0.1) is 17.0 Å². The lowest BCUT2D eigenvalue weighted by atomic mass is 9.95. The number of hydrogen-bond acceptors (Lipinski definition) is 4. The van der Waals surface area contributed by atoms with Gasteiger partial charge in [0.1, 0.15) is 12.6 Å². The third-order valence-electron chi connectivity index (χ3n) is 6.57. The van der Waals surface area contributed by atoms with Crippen molar-refractivity contribution in [3.8, 4) is 0 Å². The molecule has 2 aromatic carbocycles. The van der Waals surface area contributed by atoms with Crippen LogP contribution in [0.15, 0.2) is 48.5 Å². The molecule has 2 amide bonds. The topological polar surface area (TPSA) is 86.8 Å². The summed E-state index contributed by atoms with van der Waals surface area (Å²) >= 11 is 6.29. The van der Waals surface area contributed by atoms with E-state index in [2.05, 4.69) is 5.32 Å². The maximum Gasteiger partial charge on any atom is 0.244 e. The molecular weight excluding hydrogens is 498 g/mol. The fraction of sp³-hybridized carbons (Fsp3) is 0.481. The maximum atomic E-state index is 13.8. The van der Waals surface area contributed by atoms with Gasteiger partial charge in [-0.1, -0.05) is 79.7 Å². The van der Waals surface area contributed by atoms with Crippen LogP contribution in [-0.2, 0) is 26.2 Å². The molecule has 196 valence electrons. The largest absolute Gasteiger partial charge is 0.352 e. The first kappa shape index (κ1) is 28.0. The summed E-state index contributed by atoms with van der Waals surface area (Å²) in [6.07, 6.45) is 6.64. The monoisotopic (exact) mass is 533 g/mol. The van der Waals surface area contributed by atoms with Crippen LogP contribution in [0.3, 0.4) is 0 Å². The molecule has 3 rings (SSSR count). The minimum absolute atomic E-state index is 0.104. The third-order valence-corrected chi connectivity index (χ3v) is 8.02. The van der Waals surface area contributed by atoms with Crippen molar-refractivity contribution in [2.24, 2.45) is 0 Å². The van der Waals surface area contributed by atoms with Crippen LogP contribution in [0.25, 0.3) is 0 Å². The Morgan fingerprint density at radius 2 is 1.78 bits per heavy atom. The van der Waals surface area contributed by atoms with E-state index in [0.717, 1.165) is 47.4 Å². The van der Waals surface area contributed by atoms with E-state index in [9.17, 15) is 18.0 Å². The zero-order valence-electron chi connectivity index (χ0n) is 21.2. The van der Waals surface area contributed by atoms with E-state index in [1.807, 2.05) is 38.1 Å². The van der Waals surface area contributed by atoms with Crippen LogP contribution in [-0.4, -0.2) is 50.0 Å². The molecule has 1 saturated carbocycles. The average Bonchev–Trinajstić information content (AvgIpc) is 2.83. The third kappa shape index (κ3) is 7.46. The van der Waals surface area contributed by atoms with Crippen molar-refractivity contribution < 1.29 is 18.0 Å². The molecule has 1 unspecified atom stereocenters. The molecule has 9 heteroatoms. The fourth-order valence-electron chi connectivity index (χ4n) is 4.72. The fourth-order valence-corrected chi connectivity index (χ4v) is 5.87. The molecule has 0 bridgehead atoms. The highest BCUT2D eigenvalue weighted by atomic mass is 35.5. The van der Waals surface area contributed by atoms with Crippen LogP contribution >= 0.6 is 11.6 Å². The van der Waals surface area contributed by atoms with Crippen LogP contribution in [0, 0.1) is 6.92 Å². The minimum atomic E-state index is -3.82. The van der Waals surface area contributed by atoms with E-state index >= 15 is 0 Å². The van der Waals surface area contributed by atoms with Crippen molar-refractivity contribution in [2.75, 3.05) is 17.1 Å². The second-order valence-electron chi connectivity index (χ2n) is 9.50. The van der Waals surface area contributed by atoms with E-state index in [1.165, 1.54) is 11.3 Å². The van der Waals surface area contributed by atoms with Gasteiger partial charge in [-0.3, -0.25) is 13.9 Å². The molecule has 0 spiro atoms. The first-order chi connectivity index (χ1) is 17.1. The predicted octanol–water partition coefficient (Wildman–Crippen LogP) is 4.67. The Morgan fingerprint density at radius 3 is 2.39 bits per heavy atom. The zero-order chi connectivity index (χ0) is 26.3. The number of sulfonamides is 1. The number of para-hydroxylation sites is 1. The van der Waals surface area contributed by atoms with Gasteiger partial charge in [0.2, 0.25) is 21.8 Å². The van der Waals surface area contributed by atoms with Crippen molar-refractivity contribution in [3.63, 3.8) is 0 Å². The van der Waals surface area contributed by atoms with Crippen molar-refractivity contribution >= 4 is 39.1 Å². The lowest BCUT2D eigenvalue weighted by molar-refractivity contribution is -0.140. The molecule has 7 nitrogen and oxygen atoms in total.